The SMILES string of the molecule is CC(C)c1ccc(CCNC(=O)CSc2nncn2CCc2cccs2)cc1. The molecule has 0 aliphatic carbocycles. The number of hydrogen-bond acceptors (Lipinski definition) is 5. The molecule has 7 heteroatoms. The highest BCUT2D eigenvalue weighted by Gasteiger charge is 2.09. The zero-order chi connectivity index (χ0) is 19.8. The lowest BCUT2D eigenvalue weighted by Crippen LogP contribution is -2.27. The van der Waals surface area contributed by atoms with Crippen molar-refractivity contribution < 1.29 is 4.79 Å². The first-order valence-corrected chi connectivity index (χ1v) is 11.4. The molecule has 1 aromatic carbocycles. The molecule has 0 aliphatic rings. The number of carbonyl (C=O) groups is 1. The second-order valence-electron chi connectivity index (χ2n) is 6.92. The average Bonchev–Trinajstić information content (AvgIpc) is 3.36. The number of nitrogens with zero attached hydrogens (tertiary/aromatic N) is 3. The van der Waals surface area contributed by atoms with Crippen LogP contribution < -0.4 is 5.32 Å². The van der Waals surface area contributed by atoms with Gasteiger partial charge in [0.1, 0.15) is 6.33 Å². The minimum absolute atomic E-state index is 0.0246. The molecule has 2 heterocycles. The Hall–Kier alpha value is -2.12. The molecule has 148 valence electrons. The number of nitrogens with one attached hydrogen (secondary N) is 1. The molecule has 0 bridgehead atoms. The average molecular weight is 415 g/mol. The van der Waals surface area contributed by atoms with Crippen LogP contribution in [0.2, 0.25) is 0 Å². The van der Waals surface area contributed by atoms with E-state index in [-0.39, 0.29) is 5.91 Å². The monoisotopic (exact) mass is 414 g/mol. The van der Waals surface area contributed by atoms with Gasteiger partial charge in [-0.2, -0.15) is 0 Å². The number of thioether (sulfide) groups is 1. The van der Waals surface area contributed by atoms with Crippen molar-refractivity contribution in [2.24, 2.45) is 0 Å². The van der Waals surface area contributed by atoms with Crippen molar-refractivity contribution >= 4 is 29.0 Å². The molecule has 0 spiro atoms. The Labute approximate surface area is 174 Å². The van der Waals surface area contributed by atoms with Crippen LogP contribution in [-0.2, 0) is 24.2 Å². The first-order valence-electron chi connectivity index (χ1n) is 9.50. The van der Waals surface area contributed by atoms with Gasteiger partial charge in [-0.05, 0) is 41.3 Å². The van der Waals surface area contributed by atoms with Crippen LogP contribution >= 0.6 is 23.1 Å². The van der Waals surface area contributed by atoms with E-state index in [1.807, 2.05) is 4.57 Å². The predicted molar refractivity (Wildman–Crippen MR) is 116 cm³/mol. The largest absolute Gasteiger partial charge is 0.355 e. The van der Waals surface area contributed by atoms with Gasteiger partial charge in [-0.15, -0.1) is 21.5 Å². The van der Waals surface area contributed by atoms with Gasteiger partial charge in [-0.1, -0.05) is 55.9 Å². The van der Waals surface area contributed by atoms with Crippen molar-refractivity contribution in [1.82, 2.24) is 20.1 Å². The number of amides is 1. The molecule has 0 atom stereocenters. The topological polar surface area (TPSA) is 59.8 Å². The van der Waals surface area contributed by atoms with Crippen LogP contribution in [0, 0.1) is 0 Å². The van der Waals surface area contributed by atoms with Crippen LogP contribution in [0.25, 0.3) is 0 Å². The van der Waals surface area contributed by atoms with Crippen molar-refractivity contribution in [1.29, 1.82) is 0 Å². The number of aryl methyl sites for hydroxylation is 2. The van der Waals surface area contributed by atoms with Crippen LogP contribution in [-0.4, -0.2) is 33.0 Å². The number of rotatable bonds is 10. The third kappa shape index (κ3) is 6.21. The van der Waals surface area contributed by atoms with E-state index in [1.54, 1.807) is 17.7 Å². The van der Waals surface area contributed by atoms with E-state index in [1.165, 1.54) is 27.8 Å². The summed E-state index contributed by atoms with van der Waals surface area (Å²) in [6.07, 6.45) is 3.52. The van der Waals surface area contributed by atoms with E-state index in [2.05, 4.69) is 71.1 Å². The van der Waals surface area contributed by atoms with Crippen LogP contribution in [0.5, 0.6) is 0 Å². The molecule has 0 radical (unpaired) electrons. The molecule has 2 aromatic heterocycles. The molecule has 28 heavy (non-hydrogen) atoms. The molecule has 3 aromatic rings. The predicted octanol–water partition coefficient (Wildman–Crippen LogP) is 4.16. The smallest absolute Gasteiger partial charge is 0.230 e. The Bertz CT molecular complexity index is 857. The number of hydrogen-bond donors (Lipinski definition) is 1. The quantitative estimate of drug-likeness (QED) is 0.506. The zero-order valence-electron chi connectivity index (χ0n) is 16.3. The fraction of sp³-hybridized carbons (Fsp3) is 0.381. The number of thiophene rings is 1. The van der Waals surface area contributed by atoms with Crippen molar-refractivity contribution in [2.45, 2.75) is 44.3 Å². The number of benzene rings is 1. The van der Waals surface area contributed by atoms with Gasteiger partial charge < -0.3 is 9.88 Å². The fourth-order valence-corrected chi connectivity index (χ4v) is 4.26. The summed E-state index contributed by atoms with van der Waals surface area (Å²) in [5.74, 6) is 0.916. The maximum atomic E-state index is 12.1. The van der Waals surface area contributed by atoms with Gasteiger partial charge in [0, 0.05) is 18.0 Å². The summed E-state index contributed by atoms with van der Waals surface area (Å²) in [5.41, 5.74) is 2.58. The van der Waals surface area contributed by atoms with E-state index in [0.717, 1.165) is 24.5 Å². The van der Waals surface area contributed by atoms with E-state index < -0.39 is 0 Å². The Morgan fingerprint density at radius 3 is 2.75 bits per heavy atom. The van der Waals surface area contributed by atoms with Crippen molar-refractivity contribution in [3.05, 3.63) is 64.1 Å². The van der Waals surface area contributed by atoms with Gasteiger partial charge in [-0.25, -0.2) is 0 Å². The second kappa shape index (κ2) is 10.4. The molecule has 0 saturated heterocycles. The lowest BCUT2D eigenvalue weighted by atomic mass is 10.0. The van der Waals surface area contributed by atoms with Crippen LogP contribution in [0.3, 0.4) is 0 Å². The van der Waals surface area contributed by atoms with E-state index in [0.29, 0.717) is 18.2 Å². The maximum absolute atomic E-state index is 12.1. The van der Waals surface area contributed by atoms with Crippen LogP contribution in [0.15, 0.2) is 53.3 Å². The Balaban J connectivity index is 1.38. The number of carbonyl (C=O) groups excluding carboxylic acids is 1. The highest BCUT2D eigenvalue weighted by Crippen LogP contribution is 2.17. The minimum Gasteiger partial charge on any atom is -0.355 e. The first kappa shape index (κ1) is 20.6. The van der Waals surface area contributed by atoms with Gasteiger partial charge in [-0.3, -0.25) is 4.79 Å². The van der Waals surface area contributed by atoms with E-state index >= 15 is 0 Å². The van der Waals surface area contributed by atoms with Gasteiger partial charge in [0.25, 0.3) is 0 Å². The van der Waals surface area contributed by atoms with Gasteiger partial charge in [0.15, 0.2) is 5.16 Å². The highest BCUT2D eigenvalue weighted by molar-refractivity contribution is 7.99. The molecule has 0 fully saturated rings. The van der Waals surface area contributed by atoms with Crippen molar-refractivity contribution in [3.63, 3.8) is 0 Å². The molecular weight excluding hydrogens is 388 g/mol. The molecule has 3 rings (SSSR count). The Morgan fingerprint density at radius 2 is 2.04 bits per heavy atom. The van der Waals surface area contributed by atoms with Crippen LogP contribution in [0.4, 0.5) is 0 Å². The summed E-state index contributed by atoms with van der Waals surface area (Å²) < 4.78 is 2.01. The van der Waals surface area contributed by atoms with E-state index in [4.69, 9.17) is 0 Å². The van der Waals surface area contributed by atoms with Crippen LogP contribution in [0.1, 0.15) is 35.8 Å². The molecule has 1 N–H and O–H groups in total. The Kier molecular flexibility index (Phi) is 7.68. The molecular formula is C21H26N4OS2. The first-order chi connectivity index (χ1) is 13.6. The van der Waals surface area contributed by atoms with Crippen molar-refractivity contribution in [3.8, 4) is 0 Å². The van der Waals surface area contributed by atoms with Gasteiger partial charge in [0.2, 0.25) is 5.91 Å². The van der Waals surface area contributed by atoms with Crippen molar-refractivity contribution in [2.75, 3.05) is 12.3 Å². The Morgan fingerprint density at radius 1 is 1.21 bits per heavy atom. The maximum Gasteiger partial charge on any atom is 0.230 e. The molecule has 5 nitrogen and oxygen atoms in total. The fourth-order valence-electron chi connectivity index (χ4n) is 2.79. The lowest BCUT2D eigenvalue weighted by Gasteiger charge is -2.08. The van der Waals surface area contributed by atoms with E-state index in [9.17, 15) is 4.79 Å². The molecule has 0 saturated carbocycles. The van der Waals surface area contributed by atoms with Gasteiger partial charge >= 0.3 is 0 Å². The summed E-state index contributed by atoms with van der Waals surface area (Å²) in [5, 5.41) is 14.0. The molecule has 0 unspecified atom stereocenters. The minimum atomic E-state index is 0.0246. The lowest BCUT2D eigenvalue weighted by molar-refractivity contribution is -0.118. The molecule has 1 amide bonds. The summed E-state index contributed by atoms with van der Waals surface area (Å²) in [7, 11) is 0. The number of aromatic nitrogens is 3. The van der Waals surface area contributed by atoms with Gasteiger partial charge in [0.05, 0.1) is 5.75 Å². The normalized spacial score (nSPS) is 11.1. The zero-order valence-corrected chi connectivity index (χ0v) is 17.9. The second-order valence-corrected chi connectivity index (χ2v) is 8.90. The third-order valence-electron chi connectivity index (χ3n) is 4.47. The highest BCUT2D eigenvalue weighted by atomic mass is 32.2. The standard InChI is InChI=1S/C21H26N4OS2/c1-16(2)18-7-5-17(6-8-18)9-11-22-20(26)14-28-21-24-23-15-25(21)12-10-19-4-3-13-27-19/h3-8,13,15-16H,9-12,14H2,1-2H3,(H,22,26). The summed E-state index contributed by atoms with van der Waals surface area (Å²) in [6, 6.07) is 12.8. The summed E-state index contributed by atoms with van der Waals surface area (Å²) in [4.78, 5) is 13.5. The summed E-state index contributed by atoms with van der Waals surface area (Å²) >= 11 is 3.18. The summed E-state index contributed by atoms with van der Waals surface area (Å²) in [6.45, 7) is 5.85. The third-order valence-corrected chi connectivity index (χ3v) is 6.39. The molecule has 0 aliphatic heterocycles.